The first-order valence-corrected chi connectivity index (χ1v) is 26.0. The van der Waals surface area contributed by atoms with Crippen LogP contribution in [0.2, 0.25) is 19.6 Å². The summed E-state index contributed by atoms with van der Waals surface area (Å²) in [6.07, 6.45) is 1.88. The Kier molecular flexibility index (Phi) is 9.06. The summed E-state index contributed by atoms with van der Waals surface area (Å²) in [6, 6.07) is 32.1. The molecule has 4 nitrogen and oxygen atoms in total. The van der Waals surface area contributed by atoms with Crippen molar-refractivity contribution in [3.63, 3.8) is 0 Å². The Morgan fingerprint density at radius 1 is 0.627 bits per heavy atom. The van der Waals surface area contributed by atoms with Gasteiger partial charge in [-0.05, 0) is 101 Å². The molecule has 2 aromatic heterocycles. The summed E-state index contributed by atoms with van der Waals surface area (Å²) in [5, 5.41) is 3.34. The minimum Gasteiger partial charge on any atom is -0.493 e. The van der Waals surface area contributed by atoms with Gasteiger partial charge in [0.15, 0.2) is 0 Å². The van der Waals surface area contributed by atoms with Crippen LogP contribution in [0.15, 0.2) is 152 Å². The average Bonchev–Trinajstić information content (AvgIpc) is 4.00. The van der Waals surface area contributed by atoms with Crippen LogP contribution in [0.5, 0.6) is 0 Å². The molecule has 0 unspecified atom stereocenters. The molecule has 10 rings (SSSR count). The number of benzene rings is 7. The van der Waals surface area contributed by atoms with Crippen LogP contribution in [0.1, 0.15) is 81.7 Å². The molecule has 7 aromatic carbocycles. The van der Waals surface area contributed by atoms with E-state index in [4.69, 9.17) is 13.2 Å². The molecule has 0 bridgehead atoms. The van der Waals surface area contributed by atoms with E-state index >= 15 is 0 Å². The van der Waals surface area contributed by atoms with Crippen molar-refractivity contribution >= 4 is 57.8 Å². The molecule has 0 radical (unpaired) electrons. The summed E-state index contributed by atoms with van der Waals surface area (Å²) < 4.78 is 92.0. The number of hydrogen-bond donors (Lipinski definition) is 0. The first-order chi connectivity index (χ1) is 35.7. The Balaban J connectivity index is 0.00000722. The Labute approximate surface area is 427 Å². The van der Waals surface area contributed by atoms with Crippen LogP contribution in [0.3, 0.4) is 0 Å². The molecule has 340 valence electrons. The van der Waals surface area contributed by atoms with Gasteiger partial charge in [-0.2, -0.15) is 52.7 Å². The van der Waals surface area contributed by atoms with Crippen molar-refractivity contribution in [2.24, 2.45) is 0 Å². The first-order valence-electron chi connectivity index (χ1n) is 27.5. The first kappa shape index (κ1) is 35.2. The Hall–Kier alpha value is -6.00. The minimum atomic E-state index is -2.10. The van der Waals surface area contributed by atoms with E-state index in [1.807, 2.05) is 67.7 Å². The van der Waals surface area contributed by atoms with Gasteiger partial charge in [-0.3, -0.25) is 0 Å². The maximum Gasteiger partial charge on any atom is 0.135 e. The molecule has 1 aliphatic heterocycles. The van der Waals surface area contributed by atoms with Crippen LogP contribution < -0.4 is 15.0 Å². The second-order valence-corrected chi connectivity index (χ2v) is 25.1. The third-order valence-corrected chi connectivity index (χ3v) is 15.5. The number of fused-ring (bicyclic) bond motifs is 4. The molecule has 0 amide bonds. The van der Waals surface area contributed by atoms with Crippen LogP contribution in [-0.2, 0) is 31.9 Å². The van der Waals surface area contributed by atoms with E-state index in [9.17, 15) is 5.48 Å². The van der Waals surface area contributed by atoms with Crippen LogP contribution in [-0.4, -0.2) is 17.6 Å². The Morgan fingerprint density at radius 2 is 1.22 bits per heavy atom. The van der Waals surface area contributed by atoms with Crippen molar-refractivity contribution in [1.29, 1.82) is 0 Å². The molecule has 0 saturated heterocycles. The molecule has 0 atom stereocenters. The monoisotopic (exact) mass is 1080 g/mol. The zero-order chi connectivity index (χ0) is 55.0. The molecule has 9 aromatic rings. The summed E-state index contributed by atoms with van der Waals surface area (Å²) in [4.78, 5) is 8.85. The molecular formula is C61H59N4PtSi-3. The zero-order valence-electron chi connectivity index (χ0n) is 49.8. The third-order valence-electron chi connectivity index (χ3n) is 13.5. The molecule has 6 heteroatoms. The van der Waals surface area contributed by atoms with Gasteiger partial charge in [0, 0.05) is 61.0 Å². The SMILES string of the molecule is [2H]c1c([2H])c([2H])c(-c2c(C)c(C)c(C)c(-c3c([2H])c([2H])c([2H])c([2H])c3[2H])c2N2[CH-]N(c3[c-]c(C(C)(C)c4[c-]c5c(cc4)c4ccccc4n5-c4cc(C(C)(C)C)ccn4)cc([Si](C)(C)C)c3)c3ccccc32)c([2H])c1[2H].[Pt]. The van der Waals surface area contributed by atoms with E-state index < -0.39 is 73.9 Å². The molecule has 0 spiro atoms. The predicted molar refractivity (Wildman–Crippen MR) is 283 cm³/mol. The second kappa shape index (κ2) is 17.3. The normalized spacial score (nSPS) is 15.1. The molecule has 0 saturated carbocycles. The molecule has 1 aliphatic rings. The fraction of sp³-hybridized carbons (Fsp3) is 0.213. The Morgan fingerprint density at radius 3 is 1.84 bits per heavy atom. The minimum absolute atomic E-state index is 0. The van der Waals surface area contributed by atoms with Gasteiger partial charge in [0.1, 0.15) is 5.82 Å². The molecular weight excluding hydrogens is 1010 g/mol. The van der Waals surface area contributed by atoms with Gasteiger partial charge >= 0.3 is 0 Å². The maximum absolute atomic E-state index is 9.35. The van der Waals surface area contributed by atoms with E-state index in [1.54, 1.807) is 0 Å². The van der Waals surface area contributed by atoms with E-state index in [-0.39, 0.29) is 48.7 Å². The molecule has 3 heterocycles. The van der Waals surface area contributed by atoms with Crippen molar-refractivity contribution in [3.8, 4) is 28.1 Å². The number of hydrogen-bond acceptors (Lipinski definition) is 3. The van der Waals surface area contributed by atoms with Crippen molar-refractivity contribution in [3.05, 3.63) is 204 Å². The van der Waals surface area contributed by atoms with Crippen molar-refractivity contribution < 1.29 is 34.8 Å². The molecule has 67 heavy (non-hydrogen) atoms. The van der Waals surface area contributed by atoms with E-state index in [0.29, 0.717) is 28.1 Å². The topological polar surface area (TPSA) is 24.3 Å². The van der Waals surface area contributed by atoms with Gasteiger partial charge in [-0.15, -0.1) is 17.7 Å². The summed E-state index contributed by atoms with van der Waals surface area (Å²) >= 11 is 0. The summed E-state index contributed by atoms with van der Waals surface area (Å²) in [5.74, 6) is 0.815. The van der Waals surface area contributed by atoms with Gasteiger partial charge < -0.3 is 14.4 Å². The fourth-order valence-corrected chi connectivity index (χ4v) is 10.5. The number of para-hydroxylation sites is 3. The van der Waals surface area contributed by atoms with Gasteiger partial charge in [0.05, 0.1) is 21.8 Å². The van der Waals surface area contributed by atoms with Gasteiger partial charge in [-0.1, -0.05) is 151 Å². The van der Waals surface area contributed by atoms with E-state index in [0.717, 1.165) is 50.1 Å². The van der Waals surface area contributed by atoms with Crippen LogP contribution in [0.25, 0.3) is 49.9 Å². The zero-order valence-corrected chi connectivity index (χ0v) is 43.1. The maximum atomic E-state index is 9.35. The number of nitrogens with zero attached hydrogens (tertiary/aromatic N) is 4. The third kappa shape index (κ3) is 7.98. The smallest absolute Gasteiger partial charge is 0.135 e. The van der Waals surface area contributed by atoms with E-state index in [2.05, 4.69) is 132 Å². The van der Waals surface area contributed by atoms with Gasteiger partial charge in [-0.25, -0.2) is 4.98 Å². The fourth-order valence-electron chi connectivity index (χ4n) is 9.32. The van der Waals surface area contributed by atoms with Gasteiger partial charge in [0.2, 0.25) is 0 Å². The summed E-state index contributed by atoms with van der Waals surface area (Å²) in [7, 11) is -2.10. The number of aromatic nitrogens is 2. The van der Waals surface area contributed by atoms with Crippen molar-refractivity contribution in [2.75, 3.05) is 9.80 Å². The molecule has 0 fully saturated rings. The quantitative estimate of drug-likeness (QED) is 0.112. The number of anilines is 4. The Bertz CT molecular complexity index is 3780. The van der Waals surface area contributed by atoms with Crippen LogP contribution in [0.4, 0.5) is 22.7 Å². The van der Waals surface area contributed by atoms with Gasteiger partial charge in [0.25, 0.3) is 0 Å². The standard InChI is InChI=1S/C61H59N4Si.Pt/c1-40-41(2)57(43-22-14-12-15-23-43)59(58(42(40)3)44-24-16-13-17-25-44)64-39-63(53-28-20-21-29-54(53)64)48-34-47(35-49(38-48)66(9,10)11)61(7,8)46-30-31-51-50-26-18-19-27-52(50)65(55(51)36-46)56-37-45(32-33-62-56)60(4,5)6;/h12-33,35,37-39H,1-11H3;/q-3;/i12D,13D,14D,15D,16D,17D,22D,23D,24D,25D;. The second-order valence-electron chi connectivity index (χ2n) is 20.0. The largest absolute Gasteiger partial charge is 0.493 e. The summed E-state index contributed by atoms with van der Waals surface area (Å²) in [5.41, 5.74) is 8.97. The van der Waals surface area contributed by atoms with Crippen LogP contribution in [0, 0.1) is 39.6 Å². The number of pyridine rings is 1. The summed E-state index contributed by atoms with van der Waals surface area (Å²) in [6.45, 7) is 25.3. The van der Waals surface area contributed by atoms with Crippen LogP contribution >= 0.6 is 0 Å². The molecule has 0 aliphatic carbocycles. The van der Waals surface area contributed by atoms with E-state index in [1.165, 1.54) is 10.8 Å². The predicted octanol–water partition coefficient (Wildman–Crippen LogP) is 15.6. The molecule has 0 N–H and O–H groups in total. The van der Waals surface area contributed by atoms with Crippen molar-refractivity contribution in [2.45, 2.75) is 85.9 Å². The van der Waals surface area contributed by atoms with Crippen molar-refractivity contribution in [1.82, 2.24) is 9.55 Å². The number of rotatable bonds is 8. The average molecular weight is 1080 g/mol.